The van der Waals surface area contributed by atoms with Crippen LogP contribution in [0.5, 0.6) is 0 Å². The Kier molecular flexibility index (Phi) is 6.07. The van der Waals surface area contributed by atoms with Gasteiger partial charge < -0.3 is 21.1 Å². The lowest BCUT2D eigenvalue weighted by molar-refractivity contribution is 0.0136. The molecule has 11 heteroatoms. The van der Waals surface area contributed by atoms with Crippen LogP contribution >= 0.6 is 0 Å². The van der Waals surface area contributed by atoms with E-state index in [9.17, 15) is 18.7 Å². The van der Waals surface area contributed by atoms with Crippen LogP contribution in [-0.4, -0.2) is 50.8 Å². The molecule has 0 saturated carbocycles. The lowest BCUT2D eigenvalue weighted by atomic mass is 9.95. The first-order chi connectivity index (χ1) is 14.6. The third kappa shape index (κ3) is 4.88. The van der Waals surface area contributed by atoms with Crippen molar-refractivity contribution in [3.05, 3.63) is 41.9 Å². The number of fused-ring (bicyclic) bond motifs is 1. The van der Waals surface area contributed by atoms with Gasteiger partial charge in [-0.3, -0.25) is 9.78 Å². The van der Waals surface area contributed by atoms with Crippen molar-refractivity contribution in [2.24, 2.45) is 5.41 Å². The van der Waals surface area contributed by atoms with E-state index in [1.807, 2.05) is 13.8 Å². The van der Waals surface area contributed by atoms with Gasteiger partial charge in [0.1, 0.15) is 22.9 Å². The number of amides is 1. The molecule has 0 saturated heterocycles. The van der Waals surface area contributed by atoms with Crippen LogP contribution in [0.2, 0.25) is 0 Å². The number of hydrogen-bond donors (Lipinski definition) is 4. The number of anilines is 3. The number of pyridine rings is 1. The second kappa shape index (κ2) is 8.42. The van der Waals surface area contributed by atoms with Gasteiger partial charge in [-0.1, -0.05) is 13.8 Å². The molecule has 4 N–H and O–H groups in total. The van der Waals surface area contributed by atoms with E-state index in [-0.39, 0.29) is 35.9 Å². The van der Waals surface area contributed by atoms with Crippen molar-refractivity contribution in [2.45, 2.75) is 26.7 Å². The Balaban J connectivity index is 1.98. The van der Waals surface area contributed by atoms with Gasteiger partial charge in [0.15, 0.2) is 5.65 Å². The molecule has 31 heavy (non-hydrogen) atoms. The van der Waals surface area contributed by atoms with E-state index in [0.29, 0.717) is 5.82 Å². The summed E-state index contributed by atoms with van der Waals surface area (Å²) in [5, 5.41) is 22.2. The van der Waals surface area contributed by atoms with Crippen LogP contribution in [0.1, 0.15) is 36.8 Å². The second-order valence-electron chi connectivity index (χ2n) is 7.99. The second-order valence-corrected chi connectivity index (χ2v) is 7.99. The predicted molar refractivity (Wildman–Crippen MR) is 113 cm³/mol. The average Bonchev–Trinajstić information content (AvgIpc) is 3.15. The van der Waals surface area contributed by atoms with Crippen LogP contribution < -0.4 is 16.0 Å². The zero-order valence-electron chi connectivity index (χ0n) is 17.7. The minimum Gasteiger partial charge on any atom is -0.396 e. The molecular formula is C20H25F2N7O2. The number of nitrogens with one attached hydrogen (secondary N) is 3. The van der Waals surface area contributed by atoms with Crippen molar-refractivity contribution in [1.29, 1.82) is 0 Å². The quantitative estimate of drug-likeness (QED) is 0.432. The molecule has 0 bridgehead atoms. The maximum Gasteiger partial charge on any atom is 0.289 e. The van der Waals surface area contributed by atoms with Crippen molar-refractivity contribution in [1.82, 2.24) is 24.9 Å². The molecule has 0 aliphatic carbocycles. The fourth-order valence-electron chi connectivity index (χ4n) is 2.83. The summed E-state index contributed by atoms with van der Waals surface area (Å²) in [4.78, 5) is 20.9. The lowest BCUT2D eigenvalue weighted by Crippen LogP contribution is -2.36. The summed E-state index contributed by atoms with van der Waals surface area (Å²) >= 11 is 0. The first kappa shape index (κ1) is 22.3. The zero-order chi connectivity index (χ0) is 22.8. The Bertz CT molecular complexity index is 1090. The zero-order valence-corrected chi connectivity index (χ0v) is 17.7. The normalized spacial score (nSPS) is 12.1. The average molecular weight is 433 g/mol. The summed E-state index contributed by atoms with van der Waals surface area (Å²) < 4.78 is 29.3. The number of aliphatic hydroxyl groups is 1. The summed E-state index contributed by atoms with van der Waals surface area (Å²) in [5.41, 5.74) is -0.357. The topological polar surface area (TPSA) is 116 Å². The summed E-state index contributed by atoms with van der Waals surface area (Å²) in [5.74, 6) is -2.83. The van der Waals surface area contributed by atoms with E-state index < -0.39 is 22.9 Å². The van der Waals surface area contributed by atoms with Gasteiger partial charge in [0.05, 0.1) is 11.9 Å². The van der Waals surface area contributed by atoms with E-state index in [4.69, 9.17) is 0 Å². The molecular weight excluding hydrogens is 408 g/mol. The molecule has 0 fully saturated rings. The van der Waals surface area contributed by atoms with Gasteiger partial charge in [0.2, 0.25) is 0 Å². The van der Waals surface area contributed by atoms with Crippen LogP contribution in [0.25, 0.3) is 5.65 Å². The molecule has 3 aromatic rings. The van der Waals surface area contributed by atoms with Crippen LogP contribution in [0.3, 0.4) is 0 Å². The van der Waals surface area contributed by atoms with Crippen molar-refractivity contribution in [2.75, 3.05) is 30.8 Å². The van der Waals surface area contributed by atoms with E-state index in [2.05, 4.69) is 31.0 Å². The fraction of sp³-hybridized carbons (Fsp3) is 0.400. The molecule has 0 unspecified atom stereocenters. The van der Waals surface area contributed by atoms with Crippen LogP contribution in [0.15, 0.2) is 30.6 Å². The monoisotopic (exact) mass is 433 g/mol. The maximum atomic E-state index is 13.9. The molecule has 9 nitrogen and oxygen atoms in total. The first-order valence-corrected chi connectivity index (χ1v) is 9.61. The van der Waals surface area contributed by atoms with Gasteiger partial charge in [-0.05, 0) is 12.1 Å². The highest BCUT2D eigenvalue weighted by molar-refractivity contribution is 6.00. The SMILES string of the molecule is CNc1cc(Nc2cccnc2C(C)(F)F)nc2c(C(=O)NCC(C)(C)CO)cnn12. The number of carbonyl (C=O) groups excluding carboxylic acids is 1. The Labute approximate surface area is 177 Å². The van der Waals surface area contributed by atoms with E-state index in [1.165, 1.54) is 29.0 Å². The van der Waals surface area contributed by atoms with Crippen LogP contribution in [0, 0.1) is 5.41 Å². The standard InChI is InChI=1S/C20H25F2N7O2/c1-19(2,11-30)10-25-18(31)12-9-26-29-15(23-4)8-14(28-17(12)29)27-13-6-5-7-24-16(13)20(3,21)22/h5-9,23,30H,10-11H2,1-4H3,(H,25,31)(H,27,28). The summed E-state index contributed by atoms with van der Waals surface area (Å²) in [6.07, 6.45) is 2.67. The molecule has 3 rings (SSSR count). The lowest BCUT2D eigenvalue weighted by Gasteiger charge is -2.21. The Morgan fingerprint density at radius 2 is 2.03 bits per heavy atom. The van der Waals surface area contributed by atoms with Crippen LogP contribution in [-0.2, 0) is 5.92 Å². The molecule has 166 valence electrons. The number of aromatic nitrogens is 4. The number of aliphatic hydroxyl groups excluding tert-OH is 1. The van der Waals surface area contributed by atoms with Crippen LogP contribution in [0.4, 0.5) is 26.1 Å². The van der Waals surface area contributed by atoms with E-state index >= 15 is 0 Å². The third-order valence-electron chi connectivity index (χ3n) is 4.61. The van der Waals surface area contributed by atoms with Crippen molar-refractivity contribution < 1.29 is 18.7 Å². The van der Waals surface area contributed by atoms with Gasteiger partial charge in [0.25, 0.3) is 11.8 Å². The van der Waals surface area contributed by atoms with Crippen molar-refractivity contribution in [3.63, 3.8) is 0 Å². The third-order valence-corrected chi connectivity index (χ3v) is 4.61. The Hall–Kier alpha value is -3.34. The highest BCUT2D eigenvalue weighted by atomic mass is 19.3. The number of halogens is 2. The highest BCUT2D eigenvalue weighted by Gasteiger charge is 2.29. The van der Waals surface area contributed by atoms with Gasteiger partial charge in [0, 0.05) is 44.8 Å². The largest absolute Gasteiger partial charge is 0.396 e. The highest BCUT2D eigenvalue weighted by Crippen LogP contribution is 2.32. The number of nitrogens with zero attached hydrogens (tertiary/aromatic N) is 4. The van der Waals surface area contributed by atoms with Gasteiger partial charge in [-0.15, -0.1) is 0 Å². The summed E-state index contributed by atoms with van der Waals surface area (Å²) in [6, 6.07) is 4.60. The molecule has 3 heterocycles. The maximum absolute atomic E-state index is 13.9. The molecule has 0 aromatic carbocycles. The molecule has 0 aliphatic rings. The minimum absolute atomic E-state index is 0.0895. The van der Waals surface area contributed by atoms with Gasteiger partial charge >= 0.3 is 0 Å². The molecule has 1 amide bonds. The van der Waals surface area contributed by atoms with E-state index in [0.717, 1.165) is 6.92 Å². The molecule has 0 spiro atoms. The Morgan fingerprint density at radius 1 is 1.29 bits per heavy atom. The number of carbonyl (C=O) groups is 1. The molecule has 0 radical (unpaired) electrons. The fourth-order valence-corrected chi connectivity index (χ4v) is 2.83. The molecule has 0 atom stereocenters. The summed E-state index contributed by atoms with van der Waals surface area (Å²) in [7, 11) is 1.67. The van der Waals surface area contributed by atoms with Gasteiger partial charge in [-0.25, -0.2) is 4.98 Å². The van der Waals surface area contributed by atoms with Gasteiger partial charge in [-0.2, -0.15) is 18.4 Å². The number of alkyl halides is 2. The van der Waals surface area contributed by atoms with Crippen molar-refractivity contribution in [3.8, 4) is 0 Å². The van der Waals surface area contributed by atoms with Crippen molar-refractivity contribution >= 4 is 28.9 Å². The Morgan fingerprint density at radius 3 is 2.68 bits per heavy atom. The number of hydrogen-bond acceptors (Lipinski definition) is 7. The number of rotatable bonds is 8. The molecule has 0 aliphatic heterocycles. The predicted octanol–water partition coefficient (Wildman–Crippen LogP) is 2.77. The first-order valence-electron chi connectivity index (χ1n) is 9.61. The smallest absolute Gasteiger partial charge is 0.289 e. The minimum atomic E-state index is -3.15. The molecule has 3 aromatic heterocycles. The summed E-state index contributed by atoms with van der Waals surface area (Å²) in [6.45, 7) is 4.56. The van der Waals surface area contributed by atoms with E-state index in [1.54, 1.807) is 13.1 Å².